The first kappa shape index (κ1) is 11.2. The molecule has 1 aromatic carbocycles. The third-order valence-electron chi connectivity index (χ3n) is 3.52. The Bertz CT molecular complexity index is 544. The summed E-state index contributed by atoms with van der Waals surface area (Å²) in [5.41, 5.74) is 3.97. The molecule has 0 atom stereocenters. The van der Waals surface area contributed by atoms with Crippen molar-refractivity contribution >= 4 is 10.9 Å². The minimum Gasteiger partial charge on any atom is -0.386 e. The van der Waals surface area contributed by atoms with Crippen LogP contribution in [0.3, 0.4) is 0 Å². The van der Waals surface area contributed by atoms with Crippen molar-refractivity contribution in [3.05, 3.63) is 35.0 Å². The van der Waals surface area contributed by atoms with Crippen LogP contribution in [-0.4, -0.2) is 9.67 Å². The first-order valence-corrected chi connectivity index (χ1v) is 5.61. The Morgan fingerprint density at radius 3 is 2.38 bits per heavy atom. The fraction of sp³-hybridized carbons (Fsp3) is 0.429. The largest absolute Gasteiger partial charge is 0.386 e. The Labute approximate surface area is 96.5 Å². The predicted octanol–water partition coefficient (Wildman–Crippen LogP) is 3.02. The van der Waals surface area contributed by atoms with Gasteiger partial charge in [0.15, 0.2) is 0 Å². The fourth-order valence-corrected chi connectivity index (χ4v) is 2.13. The molecule has 0 radical (unpaired) electrons. The van der Waals surface area contributed by atoms with E-state index in [1.54, 1.807) is 0 Å². The quantitative estimate of drug-likeness (QED) is 0.780. The Kier molecular flexibility index (Phi) is 2.35. The molecule has 0 aliphatic carbocycles. The minimum atomic E-state index is -0.778. The molecular weight excluding hydrogens is 198 g/mol. The number of hydrogen-bond donors (Lipinski definition) is 1. The highest BCUT2D eigenvalue weighted by Gasteiger charge is 2.17. The van der Waals surface area contributed by atoms with E-state index in [1.807, 2.05) is 19.9 Å². The van der Waals surface area contributed by atoms with Crippen LogP contribution >= 0.6 is 0 Å². The van der Waals surface area contributed by atoms with Crippen LogP contribution in [0.25, 0.3) is 10.9 Å². The van der Waals surface area contributed by atoms with Crippen LogP contribution in [0.4, 0.5) is 0 Å². The van der Waals surface area contributed by atoms with Gasteiger partial charge < -0.3 is 9.67 Å². The standard InChI is InChI=1S/C14H19NO/c1-9-10(2)15(5)13-8-11(14(3,4)16)6-7-12(9)13/h6-8,16H,1-5H3. The predicted molar refractivity (Wildman–Crippen MR) is 67.6 cm³/mol. The first-order chi connectivity index (χ1) is 7.32. The van der Waals surface area contributed by atoms with Crippen LogP contribution in [0.5, 0.6) is 0 Å². The molecule has 0 spiro atoms. The molecule has 0 saturated heterocycles. The topological polar surface area (TPSA) is 25.2 Å². The Balaban J connectivity index is 2.77. The van der Waals surface area contributed by atoms with Gasteiger partial charge in [-0.1, -0.05) is 12.1 Å². The lowest BCUT2D eigenvalue weighted by molar-refractivity contribution is 0.0787. The van der Waals surface area contributed by atoms with Crippen molar-refractivity contribution in [3.8, 4) is 0 Å². The SMILES string of the molecule is Cc1c(C)n(C)c2cc(C(C)(C)O)ccc12. The molecule has 2 aromatic rings. The maximum atomic E-state index is 10.0. The number of hydrogen-bond acceptors (Lipinski definition) is 1. The van der Waals surface area contributed by atoms with Gasteiger partial charge in [0.1, 0.15) is 0 Å². The van der Waals surface area contributed by atoms with Gasteiger partial charge in [-0.05, 0) is 44.9 Å². The number of fused-ring (bicyclic) bond motifs is 1. The van der Waals surface area contributed by atoms with E-state index in [-0.39, 0.29) is 0 Å². The van der Waals surface area contributed by atoms with E-state index in [0.717, 1.165) is 5.56 Å². The van der Waals surface area contributed by atoms with Gasteiger partial charge >= 0.3 is 0 Å². The molecule has 86 valence electrons. The summed E-state index contributed by atoms with van der Waals surface area (Å²) in [6.07, 6.45) is 0. The number of aromatic nitrogens is 1. The van der Waals surface area contributed by atoms with E-state index < -0.39 is 5.60 Å². The summed E-state index contributed by atoms with van der Waals surface area (Å²) in [4.78, 5) is 0. The second-order valence-electron chi connectivity index (χ2n) is 5.06. The van der Waals surface area contributed by atoms with Crippen LogP contribution < -0.4 is 0 Å². The number of aryl methyl sites for hydroxylation is 2. The van der Waals surface area contributed by atoms with Crippen LogP contribution in [0.1, 0.15) is 30.7 Å². The number of aliphatic hydroxyl groups is 1. The van der Waals surface area contributed by atoms with Gasteiger partial charge in [0.2, 0.25) is 0 Å². The summed E-state index contributed by atoms with van der Waals surface area (Å²) >= 11 is 0. The van der Waals surface area contributed by atoms with Crippen LogP contribution in [0, 0.1) is 13.8 Å². The van der Waals surface area contributed by atoms with E-state index in [2.05, 4.69) is 37.6 Å². The molecular formula is C14H19NO. The smallest absolute Gasteiger partial charge is 0.0841 e. The van der Waals surface area contributed by atoms with Crippen molar-refractivity contribution in [3.63, 3.8) is 0 Å². The van der Waals surface area contributed by atoms with E-state index in [9.17, 15) is 5.11 Å². The van der Waals surface area contributed by atoms with E-state index in [4.69, 9.17) is 0 Å². The van der Waals surface area contributed by atoms with E-state index in [0.29, 0.717) is 0 Å². The lowest BCUT2D eigenvalue weighted by Crippen LogP contribution is -2.15. The average molecular weight is 217 g/mol. The molecule has 0 unspecified atom stereocenters. The molecule has 0 aliphatic heterocycles. The zero-order valence-corrected chi connectivity index (χ0v) is 10.6. The van der Waals surface area contributed by atoms with Crippen molar-refractivity contribution in [2.24, 2.45) is 7.05 Å². The lowest BCUT2D eigenvalue weighted by atomic mass is 9.97. The summed E-state index contributed by atoms with van der Waals surface area (Å²) in [6.45, 7) is 7.90. The number of rotatable bonds is 1. The highest BCUT2D eigenvalue weighted by molar-refractivity contribution is 5.85. The first-order valence-electron chi connectivity index (χ1n) is 5.61. The third-order valence-corrected chi connectivity index (χ3v) is 3.52. The Morgan fingerprint density at radius 2 is 1.81 bits per heavy atom. The molecule has 0 fully saturated rings. The zero-order chi connectivity index (χ0) is 12.1. The second-order valence-corrected chi connectivity index (χ2v) is 5.06. The van der Waals surface area contributed by atoms with E-state index in [1.165, 1.54) is 22.2 Å². The maximum Gasteiger partial charge on any atom is 0.0841 e. The highest BCUT2D eigenvalue weighted by atomic mass is 16.3. The molecule has 0 saturated carbocycles. The molecule has 2 rings (SSSR count). The molecule has 2 nitrogen and oxygen atoms in total. The summed E-state index contributed by atoms with van der Waals surface area (Å²) in [6, 6.07) is 6.19. The molecule has 0 amide bonds. The molecule has 16 heavy (non-hydrogen) atoms. The van der Waals surface area contributed by atoms with Crippen molar-refractivity contribution in [1.82, 2.24) is 4.57 Å². The summed E-state index contributed by atoms with van der Waals surface area (Å²) in [5.74, 6) is 0. The fourth-order valence-electron chi connectivity index (χ4n) is 2.13. The van der Waals surface area contributed by atoms with Gasteiger partial charge in [-0.25, -0.2) is 0 Å². The zero-order valence-electron chi connectivity index (χ0n) is 10.6. The maximum absolute atomic E-state index is 10.0. The van der Waals surface area contributed by atoms with Crippen LogP contribution in [0.2, 0.25) is 0 Å². The van der Waals surface area contributed by atoms with Gasteiger partial charge in [-0.2, -0.15) is 0 Å². The molecule has 0 aliphatic rings. The molecule has 1 heterocycles. The third kappa shape index (κ3) is 1.54. The highest BCUT2D eigenvalue weighted by Crippen LogP contribution is 2.28. The summed E-state index contributed by atoms with van der Waals surface area (Å²) in [7, 11) is 2.07. The number of nitrogens with zero attached hydrogens (tertiary/aromatic N) is 1. The normalized spacial score (nSPS) is 12.4. The van der Waals surface area contributed by atoms with E-state index >= 15 is 0 Å². The summed E-state index contributed by atoms with van der Waals surface area (Å²) < 4.78 is 2.18. The average Bonchev–Trinajstić information content (AvgIpc) is 2.43. The monoisotopic (exact) mass is 217 g/mol. The second kappa shape index (κ2) is 3.36. The van der Waals surface area contributed by atoms with Crippen LogP contribution in [-0.2, 0) is 12.6 Å². The van der Waals surface area contributed by atoms with Gasteiger partial charge in [0, 0.05) is 23.6 Å². The summed E-state index contributed by atoms with van der Waals surface area (Å²) in [5, 5.41) is 11.3. The Hall–Kier alpha value is -1.28. The van der Waals surface area contributed by atoms with Crippen molar-refractivity contribution < 1.29 is 5.11 Å². The van der Waals surface area contributed by atoms with Crippen molar-refractivity contribution in [1.29, 1.82) is 0 Å². The Morgan fingerprint density at radius 1 is 1.19 bits per heavy atom. The van der Waals surface area contributed by atoms with Gasteiger partial charge in [0.25, 0.3) is 0 Å². The van der Waals surface area contributed by atoms with Crippen molar-refractivity contribution in [2.45, 2.75) is 33.3 Å². The molecule has 2 heteroatoms. The van der Waals surface area contributed by atoms with Crippen LogP contribution in [0.15, 0.2) is 18.2 Å². The molecule has 0 bridgehead atoms. The number of benzene rings is 1. The molecule has 1 aromatic heterocycles. The van der Waals surface area contributed by atoms with Gasteiger partial charge in [0.05, 0.1) is 5.60 Å². The van der Waals surface area contributed by atoms with Gasteiger partial charge in [-0.15, -0.1) is 0 Å². The van der Waals surface area contributed by atoms with Gasteiger partial charge in [-0.3, -0.25) is 0 Å². The minimum absolute atomic E-state index is 0.778. The lowest BCUT2D eigenvalue weighted by Gasteiger charge is -2.17. The van der Waals surface area contributed by atoms with Crippen molar-refractivity contribution in [2.75, 3.05) is 0 Å². The molecule has 1 N–H and O–H groups in total.